The second kappa shape index (κ2) is 8.13. The van der Waals surface area contributed by atoms with E-state index in [-0.39, 0.29) is 10.8 Å². The van der Waals surface area contributed by atoms with Crippen LogP contribution in [0.3, 0.4) is 0 Å². The molecule has 1 nitrogen and oxygen atoms in total. The Labute approximate surface area is 190 Å². The number of benzene rings is 3. The zero-order valence-corrected chi connectivity index (χ0v) is 19.3. The molecule has 1 unspecified atom stereocenters. The van der Waals surface area contributed by atoms with Crippen molar-refractivity contribution in [3.63, 3.8) is 0 Å². The molecule has 0 aromatic heterocycles. The lowest BCUT2D eigenvalue weighted by Crippen LogP contribution is -2.30. The molecule has 0 spiro atoms. The average Bonchev–Trinajstić information content (AvgIpc) is 2.73. The molecule has 1 aliphatic rings. The van der Waals surface area contributed by atoms with E-state index in [4.69, 9.17) is 23.2 Å². The predicted molar refractivity (Wildman–Crippen MR) is 131 cm³/mol. The number of para-hydroxylation sites is 2. The summed E-state index contributed by atoms with van der Waals surface area (Å²) in [4.78, 5) is 2.32. The van der Waals surface area contributed by atoms with Crippen molar-refractivity contribution in [2.75, 3.05) is 4.90 Å². The van der Waals surface area contributed by atoms with Crippen LogP contribution in [-0.4, -0.2) is 5.38 Å². The minimum absolute atomic E-state index is 0.0206. The Morgan fingerprint density at radius 3 is 2.07 bits per heavy atom. The summed E-state index contributed by atoms with van der Waals surface area (Å²) in [6.45, 7) is 10.6. The second-order valence-corrected chi connectivity index (χ2v) is 9.61. The highest BCUT2D eigenvalue weighted by Gasteiger charge is 2.36. The molecule has 0 N–H and O–H groups in total. The van der Waals surface area contributed by atoms with E-state index < -0.39 is 0 Å². The number of hydrogen-bond donors (Lipinski definition) is 0. The van der Waals surface area contributed by atoms with Crippen LogP contribution in [0.4, 0.5) is 17.1 Å². The number of anilines is 3. The van der Waals surface area contributed by atoms with Gasteiger partial charge in [-0.3, -0.25) is 0 Å². The summed E-state index contributed by atoms with van der Waals surface area (Å²) < 4.78 is 0. The number of aryl methyl sites for hydroxylation is 1. The van der Waals surface area contributed by atoms with Crippen molar-refractivity contribution in [1.29, 1.82) is 0 Å². The zero-order chi connectivity index (χ0) is 21.5. The van der Waals surface area contributed by atoms with Crippen LogP contribution in [0.2, 0.25) is 5.02 Å². The monoisotopic (exact) mass is 435 g/mol. The Bertz CT molecular complexity index is 1050. The Balaban J connectivity index is 1.76. The van der Waals surface area contributed by atoms with Gasteiger partial charge in [-0.25, -0.2) is 0 Å². The lowest BCUT2D eigenvalue weighted by molar-refractivity contribution is 0.632. The van der Waals surface area contributed by atoms with E-state index in [1.165, 1.54) is 22.5 Å². The van der Waals surface area contributed by atoms with Crippen molar-refractivity contribution < 1.29 is 0 Å². The summed E-state index contributed by atoms with van der Waals surface area (Å²) in [7, 11) is 0. The molecule has 0 saturated carbocycles. The summed E-state index contributed by atoms with van der Waals surface area (Å²) in [5.41, 5.74) is 8.21. The van der Waals surface area contributed by atoms with E-state index >= 15 is 0 Å². The fraction of sp³-hybridized carbons (Fsp3) is 0.259. The zero-order valence-electron chi connectivity index (χ0n) is 17.8. The van der Waals surface area contributed by atoms with Crippen LogP contribution < -0.4 is 4.90 Å². The fourth-order valence-electron chi connectivity index (χ4n) is 4.32. The van der Waals surface area contributed by atoms with Gasteiger partial charge in [-0.1, -0.05) is 80.1 Å². The minimum Gasteiger partial charge on any atom is -0.310 e. The molecule has 1 heterocycles. The van der Waals surface area contributed by atoms with E-state index in [0.29, 0.717) is 0 Å². The van der Waals surface area contributed by atoms with Crippen molar-refractivity contribution in [3.8, 4) is 0 Å². The molecule has 4 rings (SSSR count). The predicted octanol–water partition coefficient (Wildman–Crippen LogP) is 8.57. The summed E-state index contributed by atoms with van der Waals surface area (Å²) in [6.07, 6.45) is 1.68. The molecule has 0 fully saturated rings. The minimum atomic E-state index is -0.0635. The topological polar surface area (TPSA) is 3.24 Å². The van der Waals surface area contributed by atoms with E-state index in [0.717, 1.165) is 34.7 Å². The van der Waals surface area contributed by atoms with Gasteiger partial charge in [-0.2, -0.15) is 0 Å². The van der Waals surface area contributed by atoms with Gasteiger partial charge in [-0.15, -0.1) is 11.6 Å². The third-order valence-corrected chi connectivity index (χ3v) is 6.87. The van der Waals surface area contributed by atoms with Crippen LogP contribution in [0.5, 0.6) is 0 Å². The molecule has 0 aliphatic carbocycles. The largest absolute Gasteiger partial charge is 0.310 e. The number of halogens is 2. The van der Waals surface area contributed by atoms with E-state index in [1.807, 2.05) is 6.92 Å². The lowest BCUT2D eigenvalue weighted by atomic mass is 9.73. The number of alkyl halides is 1. The van der Waals surface area contributed by atoms with Gasteiger partial charge < -0.3 is 4.90 Å². The molecular weight excluding hydrogens is 409 g/mol. The van der Waals surface area contributed by atoms with Gasteiger partial charge >= 0.3 is 0 Å². The first-order chi connectivity index (χ1) is 14.3. The first kappa shape index (κ1) is 21.0. The number of hydrogen-bond acceptors (Lipinski definition) is 1. The van der Waals surface area contributed by atoms with Crippen molar-refractivity contribution >= 4 is 40.3 Å². The van der Waals surface area contributed by atoms with Gasteiger partial charge in [0, 0.05) is 16.1 Å². The third kappa shape index (κ3) is 3.66. The van der Waals surface area contributed by atoms with Crippen LogP contribution >= 0.6 is 23.2 Å². The molecule has 154 valence electrons. The molecule has 0 saturated heterocycles. The maximum Gasteiger partial charge on any atom is 0.0514 e. The molecule has 3 heteroatoms. The van der Waals surface area contributed by atoms with Crippen LogP contribution in [0.1, 0.15) is 43.9 Å². The highest BCUT2D eigenvalue weighted by Crippen LogP contribution is 2.51. The Morgan fingerprint density at radius 1 is 0.967 bits per heavy atom. The normalized spacial score (nSPS) is 15.3. The van der Waals surface area contributed by atoms with Crippen molar-refractivity contribution in [3.05, 3.63) is 101 Å². The van der Waals surface area contributed by atoms with E-state index in [1.54, 1.807) is 0 Å². The first-order valence-electron chi connectivity index (χ1n) is 10.4. The summed E-state index contributed by atoms with van der Waals surface area (Å²) in [6, 6.07) is 23.7. The fourth-order valence-corrected chi connectivity index (χ4v) is 4.70. The van der Waals surface area contributed by atoms with Crippen LogP contribution in [0.15, 0.2) is 78.9 Å². The van der Waals surface area contributed by atoms with Gasteiger partial charge in [0.25, 0.3) is 0 Å². The SMILES string of the molecule is C=C(CCc1ccc(N2c3ccccc3C(C)(C)c3ccccc32)cc1Cl)C(C)Cl. The van der Waals surface area contributed by atoms with Crippen molar-refractivity contribution in [1.82, 2.24) is 0 Å². The van der Waals surface area contributed by atoms with Crippen LogP contribution in [0, 0.1) is 0 Å². The van der Waals surface area contributed by atoms with Crippen LogP contribution in [-0.2, 0) is 11.8 Å². The quantitative estimate of drug-likeness (QED) is 0.286. The van der Waals surface area contributed by atoms with Gasteiger partial charge in [-0.05, 0) is 60.7 Å². The molecule has 0 radical (unpaired) electrons. The molecular formula is C27H27Cl2N. The Hall–Kier alpha value is -2.22. The Kier molecular flexibility index (Phi) is 5.70. The number of nitrogens with zero attached hydrogens (tertiary/aromatic N) is 1. The molecule has 3 aromatic rings. The number of allylic oxidation sites excluding steroid dienone is 1. The third-order valence-electron chi connectivity index (χ3n) is 6.21. The van der Waals surface area contributed by atoms with Crippen LogP contribution in [0.25, 0.3) is 0 Å². The molecule has 0 bridgehead atoms. The number of fused-ring (bicyclic) bond motifs is 2. The van der Waals surface area contributed by atoms with E-state index in [2.05, 4.69) is 92.1 Å². The maximum absolute atomic E-state index is 6.73. The summed E-state index contributed by atoms with van der Waals surface area (Å²) in [5.74, 6) is 0. The van der Waals surface area contributed by atoms with Gasteiger partial charge in [0.1, 0.15) is 0 Å². The molecule has 1 aliphatic heterocycles. The van der Waals surface area contributed by atoms with Gasteiger partial charge in [0.2, 0.25) is 0 Å². The van der Waals surface area contributed by atoms with E-state index in [9.17, 15) is 0 Å². The Morgan fingerprint density at radius 2 is 1.53 bits per heavy atom. The summed E-state index contributed by atoms with van der Waals surface area (Å²) >= 11 is 12.9. The highest BCUT2D eigenvalue weighted by atomic mass is 35.5. The second-order valence-electron chi connectivity index (χ2n) is 8.54. The summed E-state index contributed by atoms with van der Waals surface area (Å²) in [5, 5.41) is 0.759. The number of rotatable bonds is 5. The average molecular weight is 436 g/mol. The van der Waals surface area contributed by atoms with Gasteiger partial charge in [0.05, 0.1) is 16.8 Å². The van der Waals surface area contributed by atoms with Gasteiger partial charge in [0.15, 0.2) is 0 Å². The lowest BCUT2D eigenvalue weighted by Gasteiger charge is -2.42. The maximum atomic E-state index is 6.73. The smallest absolute Gasteiger partial charge is 0.0514 e. The first-order valence-corrected chi connectivity index (χ1v) is 11.2. The standard InChI is InChI=1S/C27H27Cl2N/c1-18(19(2)28)13-14-20-15-16-21(17-24(20)29)30-25-11-7-5-9-22(25)27(3,4)23-10-6-8-12-26(23)30/h5-12,15-17,19H,1,13-14H2,2-4H3. The van der Waals surface area contributed by atoms with Crippen molar-refractivity contribution in [2.24, 2.45) is 0 Å². The molecule has 30 heavy (non-hydrogen) atoms. The highest BCUT2D eigenvalue weighted by molar-refractivity contribution is 6.31. The van der Waals surface area contributed by atoms with Crippen molar-refractivity contribution in [2.45, 2.75) is 44.4 Å². The molecule has 1 atom stereocenters. The molecule has 3 aromatic carbocycles. The molecule has 0 amide bonds.